The molecule has 0 aliphatic heterocycles. The smallest absolute Gasteiger partial charge is 0.305 e. The van der Waals surface area contributed by atoms with E-state index in [0.29, 0.717) is 59.1 Å². The molecule has 8 heteroatoms. The van der Waals surface area contributed by atoms with Crippen LogP contribution < -0.4 is 0 Å². The summed E-state index contributed by atoms with van der Waals surface area (Å²) in [6.07, 6.45) is 14.0. The van der Waals surface area contributed by atoms with Crippen molar-refractivity contribution in [3.8, 4) is 0 Å². The van der Waals surface area contributed by atoms with E-state index in [2.05, 4.69) is 23.8 Å². The summed E-state index contributed by atoms with van der Waals surface area (Å²) >= 11 is 0. The Bertz CT molecular complexity index is 458. The second-order valence-corrected chi connectivity index (χ2v) is 8.27. The summed E-state index contributed by atoms with van der Waals surface area (Å²) in [6.45, 7) is 5.28. The maximum absolute atomic E-state index is 11.1. The third-order valence-electron chi connectivity index (χ3n) is 5.34. The topological polar surface area (TPSA) is 104 Å². The van der Waals surface area contributed by atoms with Crippen molar-refractivity contribution < 1.29 is 38.7 Å². The van der Waals surface area contributed by atoms with E-state index < -0.39 is 6.10 Å². The second kappa shape index (κ2) is 26.6. The van der Waals surface area contributed by atoms with Crippen LogP contribution in [0.1, 0.15) is 77.6 Å². The molecule has 0 aromatic heterocycles. The van der Waals surface area contributed by atoms with Gasteiger partial charge >= 0.3 is 5.97 Å². The molecule has 0 heterocycles. The van der Waals surface area contributed by atoms with E-state index in [4.69, 9.17) is 24.1 Å². The van der Waals surface area contributed by atoms with Gasteiger partial charge < -0.3 is 33.9 Å². The number of aliphatic hydroxyl groups excluding tert-OH is 2. The normalized spacial score (nSPS) is 13.4. The molecule has 0 aromatic rings. The maximum atomic E-state index is 11.1. The van der Waals surface area contributed by atoms with E-state index in [9.17, 15) is 9.90 Å². The number of esters is 1. The number of hydrogen-bond acceptors (Lipinski definition) is 8. The van der Waals surface area contributed by atoms with Gasteiger partial charge in [0.25, 0.3) is 0 Å². The highest BCUT2D eigenvalue weighted by molar-refractivity contribution is 5.68. The van der Waals surface area contributed by atoms with Crippen molar-refractivity contribution in [1.29, 1.82) is 0 Å². The van der Waals surface area contributed by atoms with Crippen LogP contribution >= 0.6 is 0 Å². The first-order valence-corrected chi connectivity index (χ1v) is 13.0. The standard InChI is InChI=1S/C26H50O8/c1-3-4-13-24(28)25(34-23-22-33-21-20-32-19-18-31-17-16-27)14-11-9-7-5-6-8-10-12-15-26(29)30-2/h9,11,24-25,27-28H,3-8,10,12-23H2,1-2H3/b11-9-/t24-,25-/m0/s1. The SMILES string of the molecule is CCCC[C@H](O)[C@H](C/C=C\CCCCCCCC(=O)OC)OCCOCCOCCOCCO. The third kappa shape index (κ3) is 22.7. The van der Waals surface area contributed by atoms with Gasteiger partial charge in [0.1, 0.15) is 0 Å². The monoisotopic (exact) mass is 490 g/mol. The van der Waals surface area contributed by atoms with Crippen molar-refractivity contribution in [3.63, 3.8) is 0 Å². The van der Waals surface area contributed by atoms with Crippen LogP contribution in [0.25, 0.3) is 0 Å². The fourth-order valence-electron chi connectivity index (χ4n) is 3.31. The molecule has 0 unspecified atom stereocenters. The van der Waals surface area contributed by atoms with Gasteiger partial charge in [-0.05, 0) is 32.1 Å². The zero-order valence-electron chi connectivity index (χ0n) is 21.6. The van der Waals surface area contributed by atoms with Crippen LogP contribution in [0.2, 0.25) is 0 Å². The minimum atomic E-state index is -0.471. The van der Waals surface area contributed by atoms with Crippen LogP contribution in [0, 0.1) is 0 Å². The Morgan fingerprint density at radius 2 is 1.44 bits per heavy atom. The first kappa shape index (κ1) is 33.0. The minimum Gasteiger partial charge on any atom is -0.469 e. The average Bonchev–Trinajstić information content (AvgIpc) is 2.85. The number of carbonyl (C=O) groups excluding carboxylic acids is 1. The molecule has 0 aliphatic rings. The molecule has 34 heavy (non-hydrogen) atoms. The second-order valence-electron chi connectivity index (χ2n) is 8.27. The molecule has 0 aromatic carbocycles. The molecule has 0 rings (SSSR count). The van der Waals surface area contributed by atoms with Gasteiger partial charge in [0.15, 0.2) is 0 Å². The van der Waals surface area contributed by atoms with Crippen molar-refractivity contribution in [2.45, 2.75) is 89.8 Å². The van der Waals surface area contributed by atoms with E-state index >= 15 is 0 Å². The number of methoxy groups -OCH3 is 1. The number of unbranched alkanes of at least 4 members (excludes halogenated alkanes) is 6. The van der Waals surface area contributed by atoms with Crippen LogP contribution in [0.5, 0.6) is 0 Å². The molecule has 8 nitrogen and oxygen atoms in total. The summed E-state index contributed by atoms with van der Waals surface area (Å²) in [5.74, 6) is -0.127. The summed E-state index contributed by atoms with van der Waals surface area (Å²) in [6, 6.07) is 0. The van der Waals surface area contributed by atoms with Gasteiger partial charge in [0, 0.05) is 6.42 Å². The number of carbonyl (C=O) groups is 1. The lowest BCUT2D eigenvalue weighted by molar-refractivity contribution is -0.140. The zero-order valence-corrected chi connectivity index (χ0v) is 21.6. The fourth-order valence-corrected chi connectivity index (χ4v) is 3.31. The van der Waals surface area contributed by atoms with Gasteiger partial charge in [-0.15, -0.1) is 0 Å². The summed E-state index contributed by atoms with van der Waals surface area (Å²) in [5.41, 5.74) is 0. The minimum absolute atomic E-state index is 0.0217. The molecule has 0 aliphatic carbocycles. The molecule has 0 fully saturated rings. The largest absolute Gasteiger partial charge is 0.469 e. The van der Waals surface area contributed by atoms with Crippen LogP contribution in [0.4, 0.5) is 0 Å². The number of aliphatic hydroxyl groups is 2. The third-order valence-corrected chi connectivity index (χ3v) is 5.34. The van der Waals surface area contributed by atoms with Crippen LogP contribution in [-0.2, 0) is 28.5 Å². The quantitative estimate of drug-likeness (QED) is 0.107. The molecule has 0 amide bonds. The van der Waals surface area contributed by atoms with E-state index in [0.717, 1.165) is 57.8 Å². The highest BCUT2D eigenvalue weighted by Gasteiger charge is 2.18. The molecule has 0 radical (unpaired) electrons. The predicted octanol–water partition coefficient (Wildman–Crippen LogP) is 3.81. The molecular formula is C26H50O8. The molecule has 2 atom stereocenters. The first-order chi connectivity index (χ1) is 16.7. The number of allylic oxidation sites excluding steroid dienone is 1. The molecule has 0 spiro atoms. The average molecular weight is 491 g/mol. The van der Waals surface area contributed by atoms with Crippen molar-refractivity contribution in [2.75, 3.05) is 60.0 Å². The number of hydrogen-bond donors (Lipinski definition) is 2. The zero-order chi connectivity index (χ0) is 25.1. The Morgan fingerprint density at radius 3 is 2.09 bits per heavy atom. The highest BCUT2D eigenvalue weighted by Crippen LogP contribution is 2.13. The van der Waals surface area contributed by atoms with Crippen molar-refractivity contribution in [1.82, 2.24) is 0 Å². The molecule has 0 saturated carbocycles. The Labute approximate surface area is 206 Å². The van der Waals surface area contributed by atoms with E-state index in [1.54, 1.807) is 0 Å². The summed E-state index contributed by atoms with van der Waals surface area (Å²) in [5, 5.41) is 19.1. The van der Waals surface area contributed by atoms with E-state index in [1.807, 2.05) is 0 Å². The maximum Gasteiger partial charge on any atom is 0.305 e. The Balaban J connectivity index is 3.90. The molecule has 0 saturated heterocycles. The molecule has 0 bridgehead atoms. The molecule has 202 valence electrons. The van der Waals surface area contributed by atoms with Crippen molar-refractivity contribution in [2.24, 2.45) is 0 Å². The van der Waals surface area contributed by atoms with Crippen molar-refractivity contribution in [3.05, 3.63) is 12.2 Å². The van der Waals surface area contributed by atoms with Gasteiger partial charge in [0.05, 0.1) is 72.2 Å². The Morgan fingerprint density at radius 1 is 0.824 bits per heavy atom. The Kier molecular flexibility index (Phi) is 25.8. The predicted molar refractivity (Wildman–Crippen MR) is 133 cm³/mol. The first-order valence-electron chi connectivity index (χ1n) is 13.0. The van der Waals surface area contributed by atoms with E-state index in [1.165, 1.54) is 7.11 Å². The number of rotatable bonds is 26. The lowest BCUT2D eigenvalue weighted by Crippen LogP contribution is -2.30. The fraction of sp³-hybridized carbons (Fsp3) is 0.885. The van der Waals surface area contributed by atoms with Gasteiger partial charge in [0.2, 0.25) is 0 Å². The Hall–Kier alpha value is -1.03. The highest BCUT2D eigenvalue weighted by atomic mass is 16.6. The summed E-state index contributed by atoms with van der Waals surface area (Å²) in [7, 11) is 1.43. The van der Waals surface area contributed by atoms with E-state index in [-0.39, 0.29) is 18.7 Å². The summed E-state index contributed by atoms with van der Waals surface area (Å²) in [4.78, 5) is 11.1. The van der Waals surface area contributed by atoms with Gasteiger partial charge in [-0.1, -0.05) is 51.2 Å². The lowest BCUT2D eigenvalue weighted by Gasteiger charge is -2.22. The lowest BCUT2D eigenvalue weighted by atomic mass is 10.0. The van der Waals surface area contributed by atoms with Crippen LogP contribution in [0.3, 0.4) is 0 Å². The van der Waals surface area contributed by atoms with Crippen LogP contribution in [0.15, 0.2) is 12.2 Å². The van der Waals surface area contributed by atoms with Crippen LogP contribution in [-0.4, -0.2) is 88.4 Å². The van der Waals surface area contributed by atoms with Gasteiger partial charge in [-0.2, -0.15) is 0 Å². The van der Waals surface area contributed by atoms with Gasteiger partial charge in [-0.25, -0.2) is 0 Å². The summed E-state index contributed by atoms with van der Waals surface area (Å²) < 4.78 is 26.6. The number of ether oxygens (including phenoxy) is 5. The van der Waals surface area contributed by atoms with Crippen molar-refractivity contribution >= 4 is 5.97 Å². The molecular weight excluding hydrogens is 440 g/mol. The van der Waals surface area contributed by atoms with Gasteiger partial charge in [-0.3, -0.25) is 4.79 Å². The molecule has 2 N–H and O–H groups in total.